The van der Waals surface area contributed by atoms with Crippen LogP contribution in [-0.2, 0) is 60.9 Å². The zero-order valence-corrected chi connectivity index (χ0v) is 57.3. The molecule has 2 spiro atoms. The number of aliphatic carboxylic acids is 2. The SMILES string of the molecule is NC(CCC[C@H](N)C(=O)[O-])C(=O)CCCCCNC(=O)c1ccc2c(c1)C(=O)OC21c2ccc(O)cc2Oc2cc(O)ccc21.NC(CCC[C@H](N)C(=O)[O-])C(=O)CCCCCNC(=O)c1ccc2c(c1)C(=O)OC21c2ccc(O)cc2Oc2cc(O)ccc21.NCCN.O=[N+]([O-])[O-].O=[N+]([O-])[O-].[Pt+4]. The molecule has 0 aliphatic carbocycles. The van der Waals surface area contributed by atoms with E-state index in [-0.39, 0.29) is 138 Å². The number of ether oxygens (including phenoxy) is 4. The van der Waals surface area contributed by atoms with Gasteiger partial charge in [-0.2, -0.15) is 0 Å². The number of carbonyl (C=O) groups is 8. The Kier molecular flexibility index (Phi) is 30.7. The van der Waals surface area contributed by atoms with Gasteiger partial charge >= 0.3 is 33.0 Å². The summed E-state index contributed by atoms with van der Waals surface area (Å²) in [5.41, 5.74) is 33.5. The zero-order valence-electron chi connectivity index (χ0n) is 55.1. The molecule has 4 aliphatic rings. The molecule has 2 amide bonds. The number of carbonyl (C=O) groups excluding carboxylic acids is 8. The number of unbranched alkanes of at least 4 members (excludes halogenated alkanes) is 4. The molecule has 552 valence electrons. The molecule has 6 aromatic rings. The van der Waals surface area contributed by atoms with Gasteiger partial charge in [0.1, 0.15) is 57.6 Å². The molecule has 0 saturated carbocycles. The monoisotopic (exact) mass is 1610 g/mol. The standard InChI is InChI=1S/2C33H35N3O9.C2H8N2.2NO3.Pt/c2*34-25(5-4-6-26(35)31(41)42)27(39)7-2-1-3-14-36-30(40)18-8-11-22-21(15-18)32(43)45-33(22)23-12-9-19(37)16-28(23)44-29-17-20(38)10-13-24(29)33;3-1-2-4;2*2-1(3)4;/h2*8-13,15-17,25-26,37-38H,1-7,14,34-35H2,(H,36,40)(H,41,42);1-4H2;;;/q;;;2*-1;+4/p-2/t2*25?,26-;;;;/m00..../s1. The van der Waals surface area contributed by atoms with Crippen LogP contribution in [0.25, 0.3) is 0 Å². The fraction of sp³-hybridized carbons (Fsp3) is 0.353. The molecule has 35 heteroatoms. The van der Waals surface area contributed by atoms with Gasteiger partial charge in [-0.05, 0) is 137 Å². The van der Waals surface area contributed by atoms with Gasteiger partial charge in [0, 0.05) is 120 Å². The molecule has 103 heavy (non-hydrogen) atoms. The van der Waals surface area contributed by atoms with E-state index in [2.05, 4.69) is 10.6 Å². The van der Waals surface area contributed by atoms with E-state index in [0.717, 1.165) is 0 Å². The Morgan fingerprint density at radius 3 is 0.990 bits per heavy atom. The van der Waals surface area contributed by atoms with Gasteiger partial charge in [0.15, 0.2) is 11.2 Å². The van der Waals surface area contributed by atoms with E-state index < -0.39 is 69.4 Å². The van der Waals surface area contributed by atoms with E-state index in [1.54, 1.807) is 48.5 Å². The maximum Gasteiger partial charge on any atom is 4.00 e. The minimum absolute atomic E-state index is 0. The molecule has 4 heterocycles. The van der Waals surface area contributed by atoms with Gasteiger partial charge < -0.3 is 135 Å². The summed E-state index contributed by atoms with van der Waals surface area (Å²) in [4.78, 5) is 115. The van der Waals surface area contributed by atoms with Crippen molar-refractivity contribution in [3.8, 4) is 46.0 Å². The zero-order chi connectivity index (χ0) is 75.2. The number of fused-ring (bicyclic) bond motifs is 12. The Morgan fingerprint density at radius 2 is 0.709 bits per heavy atom. The molecule has 0 bridgehead atoms. The van der Waals surface area contributed by atoms with Crippen molar-refractivity contribution >= 4 is 47.3 Å². The van der Waals surface area contributed by atoms with Crippen molar-refractivity contribution in [1.29, 1.82) is 0 Å². The molecule has 4 atom stereocenters. The van der Waals surface area contributed by atoms with Crippen LogP contribution in [0.3, 0.4) is 0 Å². The molecule has 4 aliphatic heterocycles. The number of nitrogens with two attached hydrogens (primary N) is 6. The minimum Gasteiger partial charge on any atom is -0.548 e. The second kappa shape index (κ2) is 38.2. The van der Waals surface area contributed by atoms with Crippen molar-refractivity contribution < 1.29 is 119 Å². The number of hydrogen-bond acceptors (Lipinski definition) is 30. The van der Waals surface area contributed by atoms with Crippen molar-refractivity contribution in [1.82, 2.24) is 10.6 Å². The van der Waals surface area contributed by atoms with Crippen LogP contribution < -0.4 is 64.7 Å². The van der Waals surface area contributed by atoms with Crippen LogP contribution in [-0.4, -0.2) is 128 Å². The number of phenolic OH excluding ortho intramolecular Hbond substituents is 4. The second-order valence-corrected chi connectivity index (χ2v) is 23.6. The molecule has 0 radical (unpaired) electrons. The number of nitrogens with zero attached hydrogens (tertiary/aromatic N) is 2. The largest absolute Gasteiger partial charge is 4.00 e. The number of rotatable bonds is 27. The predicted octanol–water partition coefficient (Wildman–Crippen LogP) is 2.62. The topological polar surface area (TPSA) is 613 Å². The summed E-state index contributed by atoms with van der Waals surface area (Å²) in [5, 5.41) is 96.8. The summed E-state index contributed by atoms with van der Waals surface area (Å²) in [6.07, 6.45) is 6.29. The van der Waals surface area contributed by atoms with E-state index >= 15 is 0 Å². The van der Waals surface area contributed by atoms with Gasteiger partial charge in [-0.15, -0.1) is 0 Å². The number of Topliss-reactive ketones (excluding diaryl/α,β-unsaturated/α-hetero) is 2. The number of hydrogen-bond donors (Lipinski definition) is 12. The van der Waals surface area contributed by atoms with Gasteiger partial charge in [0.05, 0.1) is 45.3 Å². The Labute approximate surface area is 601 Å². The van der Waals surface area contributed by atoms with Crippen molar-refractivity contribution in [3.05, 3.63) is 195 Å². The van der Waals surface area contributed by atoms with Gasteiger partial charge in [-0.3, -0.25) is 19.2 Å². The quantitative estimate of drug-likeness (QED) is 0.0153. The van der Waals surface area contributed by atoms with Crippen molar-refractivity contribution in [3.63, 3.8) is 0 Å². The number of nitrogens with one attached hydrogen (secondary N) is 2. The number of aromatic hydroxyl groups is 4. The summed E-state index contributed by atoms with van der Waals surface area (Å²) in [7, 11) is 0. The molecule has 6 aromatic carbocycles. The van der Waals surface area contributed by atoms with Crippen molar-refractivity contribution in [2.45, 2.75) is 125 Å². The van der Waals surface area contributed by atoms with Gasteiger partial charge in [0.25, 0.3) is 11.8 Å². The molecule has 34 nitrogen and oxygen atoms in total. The number of carboxylic acids is 2. The molecule has 18 N–H and O–H groups in total. The van der Waals surface area contributed by atoms with E-state index in [9.17, 15) is 69.0 Å². The Balaban J connectivity index is 0.000000318. The van der Waals surface area contributed by atoms with Gasteiger partial charge in [-0.1, -0.05) is 25.0 Å². The maximum absolute atomic E-state index is 13.3. The van der Waals surface area contributed by atoms with Crippen molar-refractivity contribution in [2.75, 3.05) is 26.2 Å². The maximum atomic E-state index is 13.3. The Hall–Kier alpha value is -10.9. The molecule has 0 fully saturated rings. The van der Waals surface area contributed by atoms with Crippen LogP contribution in [0, 0.1) is 30.6 Å². The summed E-state index contributed by atoms with van der Waals surface area (Å²) < 4.78 is 24.0. The molecule has 2 unspecified atom stereocenters. The molecular formula is C68H76N10O24Pt. The van der Waals surface area contributed by atoms with Crippen LogP contribution in [0.1, 0.15) is 165 Å². The van der Waals surface area contributed by atoms with Crippen LogP contribution >= 0.6 is 0 Å². The van der Waals surface area contributed by atoms with Gasteiger partial charge in [0.2, 0.25) is 0 Å². The van der Waals surface area contributed by atoms with Crippen LogP contribution in [0.2, 0.25) is 0 Å². The third-order valence-electron chi connectivity index (χ3n) is 16.5. The van der Waals surface area contributed by atoms with E-state index in [4.69, 9.17) is 84.0 Å². The second-order valence-electron chi connectivity index (χ2n) is 23.6. The number of phenols is 4. The first-order valence-electron chi connectivity index (χ1n) is 31.9. The average Bonchev–Trinajstić information content (AvgIpc) is 1.61. The number of carboxylic acid groups (broad SMARTS) is 2. The first-order valence-corrected chi connectivity index (χ1v) is 31.9. The van der Waals surface area contributed by atoms with Crippen LogP contribution in [0.5, 0.6) is 46.0 Å². The van der Waals surface area contributed by atoms with Crippen LogP contribution in [0.4, 0.5) is 0 Å². The summed E-state index contributed by atoms with van der Waals surface area (Å²) in [6.45, 7) is 1.91. The number of ketones is 2. The van der Waals surface area contributed by atoms with E-state index in [1.807, 2.05) is 0 Å². The molecule has 0 aromatic heterocycles. The first kappa shape index (κ1) is 82.8. The molecule has 0 saturated heterocycles. The minimum atomic E-state index is -1.75. The van der Waals surface area contributed by atoms with Gasteiger partial charge in [-0.25, -0.2) is 9.59 Å². The first-order chi connectivity index (χ1) is 48.4. The molecular weight excluding hydrogens is 1540 g/mol. The summed E-state index contributed by atoms with van der Waals surface area (Å²) in [5.74, 6) is -4.03. The number of esters is 2. The Morgan fingerprint density at radius 1 is 0.427 bits per heavy atom. The summed E-state index contributed by atoms with van der Waals surface area (Å²) in [6, 6.07) is 23.9. The van der Waals surface area contributed by atoms with E-state index in [1.165, 1.54) is 60.7 Å². The van der Waals surface area contributed by atoms with E-state index in [0.29, 0.717) is 124 Å². The van der Waals surface area contributed by atoms with Crippen molar-refractivity contribution in [2.24, 2.45) is 34.4 Å². The predicted molar refractivity (Wildman–Crippen MR) is 356 cm³/mol. The number of benzene rings is 6. The number of amides is 2. The average molecular weight is 1610 g/mol. The van der Waals surface area contributed by atoms with Crippen LogP contribution in [0.15, 0.2) is 109 Å². The summed E-state index contributed by atoms with van der Waals surface area (Å²) >= 11 is 0. The third-order valence-corrected chi connectivity index (χ3v) is 16.5. The normalized spacial score (nSPS) is 14.0. The molecule has 10 rings (SSSR count). The fourth-order valence-electron chi connectivity index (χ4n) is 11.5. The fourth-order valence-corrected chi connectivity index (χ4v) is 11.5. The Bertz CT molecular complexity index is 3720. The third kappa shape index (κ3) is 21.4. The smallest absolute Gasteiger partial charge is 0.548 e.